The number of nitrogens with one attached hydrogen (secondary N) is 1. The van der Waals surface area contributed by atoms with Gasteiger partial charge in [-0.1, -0.05) is 18.9 Å². The second kappa shape index (κ2) is 5.86. The summed E-state index contributed by atoms with van der Waals surface area (Å²) in [5.41, 5.74) is 2.59. The molecule has 1 saturated carbocycles. The molecule has 0 bridgehead atoms. The van der Waals surface area contributed by atoms with E-state index in [0.717, 1.165) is 25.0 Å². The molecule has 0 spiro atoms. The highest BCUT2D eigenvalue weighted by atomic mass is 32.2. The standard InChI is InChI=1S/C16H23NO2S/c1-17-16-14-10-12(19-2)8-7-11(14)9-15(16)20(18)13-5-3-4-6-13/h7-8,10,13,15-17H,3-6,9H2,1-2H3. The van der Waals surface area contributed by atoms with E-state index in [9.17, 15) is 4.21 Å². The lowest BCUT2D eigenvalue weighted by molar-refractivity contribution is 0.413. The average Bonchev–Trinajstić information content (AvgIpc) is 3.12. The molecule has 20 heavy (non-hydrogen) atoms. The Hall–Kier alpha value is -0.870. The number of methoxy groups -OCH3 is 1. The highest BCUT2D eigenvalue weighted by Crippen LogP contribution is 2.39. The van der Waals surface area contributed by atoms with Gasteiger partial charge < -0.3 is 10.1 Å². The molecule has 2 aliphatic rings. The van der Waals surface area contributed by atoms with Crippen molar-refractivity contribution in [2.75, 3.05) is 14.2 Å². The lowest BCUT2D eigenvalue weighted by Gasteiger charge is -2.22. The summed E-state index contributed by atoms with van der Waals surface area (Å²) in [6.07, 6.45) is 5.69. The fourth-order valence-corrected chi connectivity index (χ4v) is 5.82. The lowest BCUT2D eigenvalue weighted by Crippen LogP contribution is -2.33. The van der Waals surface area contributed by atoms with Crippen molar-refractivity contribution in [3.63, 3.8) is 0 Å². The molecular formula is C16H23NO2S. The third-order valence-corrected chi connectivity index (χ3v) is 6.89. The fraction of sp³-hybridized carbons (Fsp3) is 0.625. The van der Waals surface area contributed by atoms with Gasteiger partial charge in [0.05, 0.1) is 12.4 Å². The maximum atomic E-state index is 12.9. The minimum absolute atomic E-state index is 0.196. The number of ether oxygens (including phenoxy) is 1. The SMILES string of the molecule is CNC1c2cc(OC)ccc2CC1S(=O)C1CCCC1. The Morgan fingerprint density at radius 3 is 2.70 bits per heavy atom. The van der Waals surface area contributed by atoms with Gasteiger partial charge in [-0.3, -0.25) is 4.21 Å². The highest BCUT2D eigenvalue weighted by molar-refractivity contribution is 7.86. The first kappa shape index (κ1) is 14.1. The van der Waals surface area contributed by atoms with Crippen molar-refractivity contribution in [1.29, 1.82) is 0 Å². The van der Waals surface area contributed by atoms with Crippen molar-refractivity contribution in [3.8, 4) is 5.75 Å². The van der Waals surface area contributed by atoms with E-state index in [1.165, 1.54) is 24.0 Å². The molecule has 3 atom stereocenters. The van der Waals surface area contributed by atoms with Gasteiger partial charge in [0.25, 0.3) is 0 Å². The Bertz CT molecular complexity index is 511. The second-order valence-electron chi connectivity index (χ2n) is 5.81. The number of hydrogen-bond donors (Lipinski definition) is 1. The van der Waals surface area contributed by atoms with Crippen LogP contribution in [0.25, 0.3) is 0 Å². The molecule has 2 aliphatic carbocycles. The van der Waals surface area contributed by atoms with Crippen molar-refractivity contribution in [3.05, 3.63) is 29.3 Å². The van der Waals surface area contributed by atoms with E-state index in [0.29, 0.717) is 5.25 Å². The van der Waals surface area contributed by atoms with Gasteiger partial charge in [-0.15, -0.1) is 0 Å². The van der Waals surface area contributed by atoms with Crippen LogP contribution in [-0.4, -0.2) is 28.9 Å². The van der Waals surface area contributed by atoms with Gasteiger partial charge in [0.15, 0.2) is 0 Å². The van der Waals surface area contributed by atoms with Gasteiger partial charge in [0, 0.05) is 22.1 Å². The van der Waals surface area contributed by atoms with E-state index >= 15 is 0 Å². The molecule has 1 aromatic carbocycles. The van der Waals surface area contributed by atoms with Gasteiger partial charge in [0.1, 0.15) is 5.75 Å². The van der Waals surface area contributed by atoms with Crippen molar-refractivity contribution in [1.82, 2.24) is 5.32 Å². The van der Waals surface area contributed by atoms with Gasteiger partial charge in [0.2, 0.25) is 0 Å². The van der Waals surface area contributed by atoms with Gasteiger partial charge in [-0.05, 0) is 49.6 Å². The minimum atomic E-state index is -0.739. The molecule has 0 aliphatic heterocycles. The monoisotopic (exact) mass is 293 g/mol. The first-order chi connectivity index (χ1) is 9.74. The Morgan fingerprint density at radius 2 is 2.05 bits per heavy atom. The van der Waals surface area contributed by atoms with E-state index in [-0.39, 0.29) is 11.3 Å². The zero-order chi connectivity index (χ0) is 14.1. The Balaban J connectivity index is 1.86. The van der Waals surface area contributed by atoms with E-state index in [4.69, 9.17) is 4.74 Å². The summed E-state index contributed by atoms with van der Waals surface area (Å²) in [5.74, 6) is 0.885. The first-order valence-corrected chi connectivity index (χ1v) is 8.75. The summed E-state index contributed by atoms with van der Waals surface area (Å²) in [7, 11) is 2.93. The van der Waals surface area contributed by atoms with Crippen molar-refractivity contribution in [2.45, 2.75) is 48.6 Å². The maximum Gasteiger partial charge on any atom is 0.119 e. The van der Waals surface area contributed by atoms with Crippen LogP contribution in [0.1, 0.15) is 42.9 Å². The summed E-state index contributed by atoms with van der Waals surface area (Å²) < 4.78 is 18.2. The van der Waals surface area contributed by atoms with Crippen LogP contribution in [0.15, 0.2) is 18.2 Å². The predicted molar refractivity (Wildman–Crippen MR) is 82.7 cm³/mol. The Labute approximate surface area is 123 Å². The maximum absolute atomic E-state index is 12.9. The van der Waals surface area contributed by atoms with Crippen molar-refractivity contribution >= 4 is 10.8 Å². The van der Waals surface area contributed by atoms with Crippen molar-refractivity contribution < 1.29 is 8.95 Å². The normalized spacial score (nSPS) is 27.5. The zero-order valence-corrected chi connectivity index (χ0v) is 13.0. The Morgan fingerprint density at radius 1 is 1.30 bits per heavy atom. The number of fused-ring (bicyclic) bond motifs is 1. The molecule has 0 amide bonds. The summed E-state index contributed by atoms with van der Waals surface area (Å²) in [6.45, 7) is 0. The van der Waals surface area contributed by atoms with Crippen LogP contribution < -0.4 is 10.1 Å². The molecule has 4 heteroatoms. The summed E-state index contributed by atoms with van der Waals surface area (Å²) in [4.78, 5) is 0. The molecule has 1 N–H and O–H groups in total. The van der Waals surface area contributed by atoms with Crippen LogP contribution in [0.2, 0.25) is 0 Å². The third-order valence-electron chi connectivity index (χ3n) is 4.72. The molecule has 0 radical (unpaired) electrons. The minimum Gasteiger partial charge on any atom is -0.497 e. The molecule has 3 unspecified atom stereocenters. The van der Waals surface area contributed by atoms with E-state index < -0.39 is 10.8 Å². The van der Waals surface area contributed by atoms with Crippen molar-refractivity contribution in [2.24, 2.45) is 0 Å². The molecule has 0 saturated heterocycles. The van der Waals surface area contributed by atoms with Crippen LogP contribution in [0.3, 0.4) is 0 Å². The lowest BCUT2D eigenvalue weighted by atomic mass is 10.1. The van der Waals surface area contributed by atoms with Gasteiger partial charge in [-0.2, -0.15) is 0 Å². The molecule has 3 nitrogen and oxygen atoms in total. The van der Waals surface area contributed by atoms with Gasteiger partial charge in [-0.25, -0.2) is 0 Å². The fourth-order valence-electron chi connectivity index (χ4n) is 3.64. The smallest absolute Gasteiger partial charge is 0.119 e. The molecule has 1 fully saturated rings. The Kier molecular flexibility index (Phi) is 4.13. The molecule has 110 valence electrons. The van der Waals surface area contributed by atoms with Crippen LogP contribution in [-0.2, 0) is 17.2 Å². The quantitative estimate of drug-likeness (QED) is 0.927. The first-order valence-electron chi connectivity index (χ1n) is 7.48. The van der Waals surface area contributed by atoms with E-state index in [1.807, 2.05) is 13.1 Å². The van der Waals surface area contributed by atoms with Gasteiger partial charge >= 0.3 is 0 Å². The molecule has 1 aromatic rings. The highest BCUT2D eigenvalue weighted by Gasteiger charge is 2.39. The largest absolute Gasteiger partial charge is 0.497 e. The van der Waals surface area contributed by atoms with Crippen LogP contribution in [0.5, 0.6) is 5.75 Å². The summed E-state index contributed by atoms with van der Waals surface area (Å²) in [6, 6.07) is 6.43. The number of hydrogen-bond acceptors (Lipinski definition) is 3. The topological polar surface area (TPSA) is 38.3 Å². The molecule has 0 aromatic heterocycles. The summed E-state index contributed by atoms with van der Waals surface area (Å²) in [5, 5.41) is 4.00. The molecule has 0 heterocycles. The predicted octanol–water partition coefficient (Wildman–Crippen LogP) is 2.57. The van der Waals surface area contributed by atoms with E-state index in [2.05, 4.69) is 17.4 Å². The van der Waals surface area contributed by atoms with Crippen LogP contribution >= 0.6 is 0 Å². The molecule has 3 rings (SSSR count). The summed E-state index contributed by atoms with van der Waals surface area (Å²) >= 11 is 0. The third kappa shape index (κ3) is 2.40. The number of rotatable bonds is 4. The second-order valence-corrected chi connectivity index (χ2v) is 7.74. The average molecular weight is 293 g/mol. The zero-order valence-electron chi connectivity index (χ0n) is 12.2. The van der Waals surface area contributed by atoms with Crippen LogP contribution in [0.4, 0.5) is 0 Å². The van der Waals surface area contributed by atoms with Crippen LogP contribution in [0, 0.1) is 0 Å². The van der Waals surface area contributed by atoms with E-state index in [1.54, 1.807) is 7.11 Å². The number of benzene rings is 1. The molecular weight excluding hydrogens is 270 g/mol.